The van der Waals surface area contributed by atoms with Crippen LogP contribution in [-0.4, -0.2) is 34.8 Å². The number of thioether (sulfide) groups is 1. The second kappa shape index (κ2) is 7.06. The Balaban J connectivity index is 1.47. The summed E-state index contributed by atoms with van der Waals surface area (Å²) >= 11 is 1.67. The molecule has 0 fully saturated rings. The molecule has 0 bridgehead atoms. The van der Waals surface area contributed by atoms with Gasteiger partial charge in [-0.15, -0.1) is 0 Å². The zero-order valence-corrected chi connectivity index (χ0v) is 15.2. The topological polar surface area (TPSA) is 60.0 Å². The van der Waals surface area contributed by atoms with Gasteiger partial charge < -0.3 is 14.5 Å². The van der Waals surface area contributed by atoms with Crippen LogP contribution >= 0.6 is 11.8 Å². The summed E-state index contributed by atoms with van der Waals surface area (Å²) in [5.74, 6) is 1.78. The third-order valence-corrected chi connectivity index (χ3v) is 5.42. The van der Waals surface area contributed by atoms with E-state index in [2.05, 4.69) is 21.9 Å². The molecule has 3 aromatic rings. The number of aromatic nitrogens is 3. The first-order valence-corrected chi connectivity index (χ1v) is 9.43. The van der Waals surface area contributed by atoms with E-state index in [1.54, 1.807) is 18.9 Å². The Morgan fingerprint density at radius 2 is 2.24 bits per heavy atom. The molecule has 2 aromatic heterocycles. The smallest absolute Gasteiger partial charge is 0.166 e. The van der Waals surface area contributed by atoms with E-state index >= 15 is 0 Å². The molecule has 0 aliphatic carbocycles. The number of fused-ring (bicyclic) bond motifs is 2. The van der Waals surface area contributed by atoms with Gasteiger partial charge in [-0.1, -0.05) is 23.9 Å². The van der Waals surface area contributed by atoms with Crippen LogP contribution < -0.4 is 4.74 Å². The summed E-state index contributed by atoms with van der Waals surface area (Å²) in [6, 6.07) is 8.07. The average molecular weight is 355 g/mol. The number of hydrogen-bond acceptors (Lipinski definition) is 5. The number of methoxy groups -OCH3 is 1. The molecule has 0 spiro atoms. The molecule has 25 heavy (non-hydrogen) atoms. The maximum Gasteiger partial charge on any atom is 0.166 e. The van der Waals surface area contributed by atoms with Crippen LogP contribution in [0.15, 0.2) is 35.6 Å². The van der Waals surface area contributed by atoms with Crippen molar-refractivity contribution in [1.29, 1.82) is 0 Å². The van der Waals surface area contributed by atoms with E-state index in [1.165, 1.54) is 5.56 Å². The molecule has 0 saturated heterocycles. The van der Waals surface area contributed by atoms with Gasteiger partial charge in [0.15, 0.2) is 5.16 Å². The standard InChI is InChI=1S/C19H21N3O2S/c1-12-17(11-25-19-21-15-5-3-4-6-16(15)22-19)20-10-13-9-14(7-8-23-2)24-18(12)13/h3-6,10,14H,7-9,11H2,1-2H3,(H,21,22). The lowest BCUT2D eigenvalue weighted by Gasteiger charge is -2.12. The molecule has 5 nitrogen and oxygen atoms in total. The van der Waals surface area contributed by atoms with Crippen LogP contribution in [0.5, 0.6) is 5.75 Å². The number of rotatable bonds is 6. The van der Waals surface area contributed by atoms with Crippen molar-refractivity contribution in [3.8, 4) is 5.75 Å². The van der Waals surface area contributed by atoms with Crippen LogP contribution in [-0.2, 0) is 16.9 Å². The van der Waals surface area contributed by atoms with Crippen molar-refractivity contribution in [2.75, 3.05) is 13.7 Å². The van der Waals surface area contributed by atoms with E-state index in [1.807, 2.05) is 30.5 Å². The Kier molecular flexibility index (Phi) is 4.63. The highest BCUT2D eigenvalue weighted by molar-refractivity contribution is 7.98. The Labute approximate surface area is 151 Å². The third-order valence-electron chi connectivity index (χ3n) is 4.53. The molecule has 3 heterocycles. The summed E-state index contributed by atoms with van der Waals surface area (Å²) in [4.78, 5) is 12.6. The van der Waals surface area contributed by atoms with Crippen LogP contribution in [0, 0.1) is 6.92 Å². The van der Waals surface area contributed by atoms with Crippen molar-refractivity contribution in [2.45, 2.75) is 36.8 Å². The van der Waals surface area contributed by atoms with Crippen molar-refractivity contribution in [3.05, 3.63) is 47.3 Å². The summed E-state index contributed by atoms with van der Waals surface area (Å²) in [6.45, 7) is 2.82. The fraction of sp³-hybridized carbons (Fsp3) is 0.368. The minimum Gasteiger partial charge on any atom is -0.489 e. The second-order valence-electron chi connectivity index (χ2n) is 6.26. The lowest BCUT2D eigenvalue weighted by molar-refractivity contribution is 0.138. The Morgan fingerprint density at radius 1 is 1.36 bits per heavy atom. The average Bonchev–Trinajstić information content (AvgIpc) is 3.23. The molecule has 1 aliphatic heterocycles. The number of para-hydroxylation sites is 2. The van der Waals surface area contributed by atoms with Crippen molar-refractivity contribution >= 4 is 22.8 Å². The highest BCUT2D eigenvalue weighted by Gasteiger charge is 2.26. The number of benzene rings is 1. The lowest BCUT2D eigenvalue weighted by atomic mass is 10.1. The van der Waals surface area contributed by atoms with Crippen molar-refractivity contribution in [1.82, 2.24) is 15.0 Å². The molecular formula is C19H21N3O2S. The maximum atomic E-state index is 6.13. The molecule has 130 valence electrons. The van der Waals surface area contributed by atoms with E-state index < -0.39 is 0 Å². The van der Waals surface area contributed by atoms with Crippen molar-refractivity contribution in [2.24, 2.45) is 0 Å². The third kappa shape index (κ3) is 3.37. The van der Waals surface area contributed by atoms with Crippen molar-refractivity contribution in [3.63, 3.8) is 0 Å². The fourth-order valence-electron chi connectivity index (χ4n) is 3.14. The van der Waals surface area contributed by atoms with Gasteiger partial charge in [-0.2, -0.15) is 0 Å². The number of aromatic amines is 1. The zero-order valence-electron chi connectivity index (χ0n) is 14.4. The summed E-state index contributed by atoms with van der Waals surface area (Å²) in [5, 5.41) is 0.918. The highest BCUT2D eigenvalue weighted by Crippen LogP contribution is 2.35. The Bertz CT molecular complexity index is 861. The molecule has 4 rings (SSSR count). The van der Waals surface area contributed by atoms with E-state index in [4.69, 9.17) is 9.47 Å². The molecule has 1 unspecified atom stereocenters. The molecule has 6 heteroatoms. The molecule has 1 aliphatic rings. The van der Waals surface area contributed by atoms with Crippen LogP contribution in [0.2, 0.25) is 0 Å². The number of nitrogens with one attached hydrogen (secondary N) is 1. The predicted molar refractivity (Wildman–Crippen MR) is 99.2 cm³/mol. The number of nitrogens with zero attached hydrogens (tertiary/aromatic N) is 2. The van der Waals surface area contributed by atoms with Gasteiger partial charge in [0, 0.05) is 49.6 Å². The summed E-state index contributed by atoms with van der Waals surface area (Å²) in [6.07, 6.45) is 4.00. The Hall–Kier alpha value is -2.05. The van der Waals surface area contributed by atoms with E-state index in [0.29, 0.717) is 0 Å². The molecule has 0 saturated carbocycles. The van der Waals surface area contributed by atoms with E-state index in [9.17, 15) is 0 Å². The molecule has 1 atom stereocenters. The van der Waals surface area contributed by atoms with Gasteiger partial charge in [0.2, 0.25) is 0 Å². The number of H-pyrrole nitrogens is 1. The van der Waals surface area contributed by atoms with Gasteiger partial charge in [0.25, 0.3) is 0 Å². The minimum atomic E-state index is 0.203. The highest BCUT2D eigenvalue weighted by atomic mass is 32.2. The van der Waals surface area contributed by atoms with Gasteiger partial charge >= 0.3 is 0 Å². The second-order valence-corrected chi connectivity index (χ2v) is 7.22. The summed E-state index contributed by atoms with van der Waals surface area (Å²) in [5.41, 5.74) is 5.45. The minimum absolute atomic E-state index is 0.203. The van der Waals surface area contributed by atoms with E-state index in [0.717, 1.165) is 58.4 Å². The van der Waals surface area contributed by atoms with Gasteiger partial charge in [-0.3, -0.25) is 4.98 Å². The molecule has 0 radical (unpaired) electrons. The first kappa shape index (κ1) is 16.4. The van der Waals surface area contributed by atoms with Crippen LogP contribution in [0.25, 0.3) is 11.0 Å². The monoisotopic (exact) mass is 355 g/mol. The fourth-order valence-corrected chi connectivity index (χ4v) is 4.05. The quantitative estimate of drug-likeness (QED) is 0.680. The van der Waals surface area contributed by atoms with Gasteiger partial charge in [-0.25, -0.2) is 4.98 Å². The molecule has 0 amide bonds. The first-order valence-electron chi connectivity index (χ1n) is 8.45. The largest absolute Gasteiger partial charge is 0.489 e. The van der Waals surface area contributed by atoms with Crippen LogP contribution in [0.4, 0.5) is 0 Å². The van der Waals surface area contributed by atoms with Crippen molar-refractivity contribution < 1.29 is 9.47 Å². The number of imidazole rings is 1. The van der Waals surface area contributed by atoms with Gasteiger partial charge in [0.1, 0.15) is 11.9 Å². The van der Waals surface area contributed by atoms with Crippen LogP contribution in [0.3, 0.4) is 0 Å². The molecule has 1 N–H and O–H groups in total. The number of hydrogen-bond donors (Lipinski definition) is 1. The van der Waals surface area contributed by atoms with Gasteiger partial charge in [-0.05, 0) is 19.1 Å². The zero-order chi connectivity index (χ0) is 17.2. The summed E-state index contributed by atoms with van der Waals surface area (Å²) in [7, 11) is 1.72. The molecule has 1 aromatic carbocycles. The lowest BCUT2D eigenvalue weighted by Crippen LogP contribution is -2.15. The first-order chi connectivity index (χ1) is 12.2. The SMILES string of the molecule is COCCC1Cc2cnc(CSc3nc4ccccc4[nH]3)c(C)c2O1. The Morgan fingerprint density at radius 3 is 3.08 bits per heavy atom. The number of ether oxygens (including phenoxy) is 2. The maximum absolute atomic E-state index is 6.13. The molecular weight excluding hydrogens is 334 g/mol. The van der Waals surface area contributed by atoms with E-state index in [-0.39, 0.29) is 6.10 Å². The van der Waals surface area contributed by atoms with Gasteiger partial charge in [0.05, 0.1) is 16.7 Å². The summed E-state index contributed by atoms with van der Waals surface area (Å²) < 4.78 is 11.3. The number of pyridine rings is 1. The predicted octanol–water partition coefficient (Wildman–Crippen LogP) is 3.90. The van der Waals surface area contributed by atoms with Crippen LogP contribution in [0.1, 0.15) is 23.2 Å². The normalized spacial score (nSPS) is 16.2.